The average molecular weight is 373 g/mol. The average Bonchev–Trinajstić information content (AvgIpc) is 3.05. The molecule has 0 saturated carbocycles. The molecule has 0 radical (unpaired) electrons. The van der Waals surface area contributed by atoms with Gasteiger partial charge in [-0.15, -0.1) is 0 Å². The molecule has 1 N–H and O–H groups in total. The molecule has 0 bridgehead atoms. The van der Waals surface area contributed by atoms with Gasteiger partial charge >= 0.3 is 0 Å². The molecule has 0 unspecified atom stereocenters. The van der Waals surface area contributed by atoms with Crippen LogP contribution in [0.2, 0.25) is 0 Å². The van der Waals surface area contributed by atoms with E-state index in [-0.39, 0.29) is 23.8 Å². The van der Waals surface area contributed by atoms with E-state index in [2.05, 4.69) is 19.2 Å². The molecule has 148 valence electrons. The molecule has 2 rings (SSSR count). The molecule has 1 fully saturated rings. The van der Waals surface area contributed by atoms with Crippen LogP contribution in [0.5, 0.6) is 0 Å². The third-order valence-electron chi connectivity index (χ3n) is 5.15. The van der Waals surface area contributed by atoms with Gasteiger partial charge in [-0.05, 0) is 43.9 Å². The van der Waals surface area contributed by atoms with Gasteiger partial charge in [-0.2, -0.15) is 0 Å². The Morgan fingerprint density at radius 1 is 1.15 bits per heavy atom. The smallest absolute Gasteiger partial charge is 0.254 e. The number of amides is 3. The lowest BCUT2D eigenvalue weighted by Gasteiger charge is -2.29. The van der Waals surface area contributed by atoms with E-state index in [1.807, 2.05) is 38.1 Å². The minimum Gasteiger partial charge on any atom is -0.352 e. The maximum Gasteiger partial charge on any atom is 0.254 e. The first-order valence-corrected chi connectivity index (χ1v) is 9.75. The third-order valence-corrected chi connectivity index (χ3v) is 5.15. The molecular weight excluding hydrogens is 342 g/mol. The van der Waals surface area contributed by atoms with Crippen LogP contribution >= 0.6 is 0 Å². The second-order valence-corrected chi connectivity index (χ2v) is 7.39. The Balaban J connectivity index is 2.26. The fourth-order valence-corrected chi connectivity index (χ4v) is 3.61. The zero-order valence-corrected chi connectivity index (χ0v) is 17.0. The van der Waals surface area contributed by atoms with E-state index in [1.165, 1.54) is 12.5 Å². The van der Waals surface area contributed by atoms with Crippen molar-refractivity contribution >= 4 is 17.7 Å². The summed E-state index contributed by atoms with van der Waals surface area (Å²) in [6.07, 6.45) is 0.449. The van der Waals surface area contributed by atoms with Gasteiger partial charge in [-0.25, -0.2) is 0 Å². The van der Waals surface area contributed by atoms with E-state index in [0.29, 0.717) is 37.5 Å². The lowest BCUT2D eigenvalue weighted by atomic mass is 10.0. The van der Waals surface area contributed by atoms with Gasteiger partial charge in [0.1, 0.15) is 6.04 Å². The van der Waals surface area contributed by atoms with Gasteiger partial charge < -0.3 is 15.1 Å². The number of likely N-dealkylation sites (tertiary alicyclic amines) is 1. The summed E-state index contributed by atoms with van der Waals surface area (Å²) in [6.45, 7) is 11.1. The van der Waals surface area contributed by atoms with Crippen LogP contribution in [0, 0.1) is 0 Å². The van der Waals surface area contributed by atoms with Crippen molar-refractivity contribution in [2.75, 3.05) is 19.6 Å². The number of carbonyl (C=O) groups is 3. The van der Waals surface area contributed by atoms with Gasteiger partial charge in [-0.3, -0.25) is 14.4 Å². The molecule has 3 amide bonds. The molecule has 1 aliphatic heterocycles. The van der Waals surface area contributed by atoms with E-state index in [1.54, 1.807) is 9.80 Å². The van der Waals surface area contributed by atoms with Gasteiger partial charge in [0.05, 0.1) is 0 Å². The maximum absolute atomic E-state index is 13.1. The van der Waals surface area contributed by atoms with Crippen molar-refractivity contribution in [3.05, 3.63) is 35.4 Å². The fourth-order valence-electron chi connectivity index (χ4n) is 3.61. The highest BCUT2D eigenvalue weighted by Gasteiger charge is 2.41. The number of nitrogens with zero attached hydrogens (tertiary/aromatic N) is 2. The van der Waals surface area contributed by atoms with Crippen molar-refractivity contribution in [1.82, 2.24) is 15.1 Å². The van der Waals surface area contributed by atoms with Gasteiger partial charge in [0.25, 0.3) is 5.91 Å². The Morgan fingerprint density at radius 3 is 2.22 bits per heavy atom. The van der Waals surface area contributed by atoms with Crippen LogP contribution in [0.4, 0.5) is 0 Å². The quantitative estimate of drug-likeness (QED) is 0.832. The molecule has 1 saturated heterocycles. The number of nitrogens with one attached hydrogen (secondary N) is 1. The van der Waals surface area contributed by atoms with Gasteiger partial charge in [0.2, 0.25) is 11.8 Å². The van der Waals surface area contributed by atoms with E-state index < -0.39 is 6.04 Å². The summed E-state index contributed by atoms with van der Waals surface area (Å²) >= 11 is 0. The molecule has 1 aromatic carbocycles. The van der Waals surface area contributed by atoms with Crippen LogP contribution in [-0.4, -0.2) is 59.2 Å². The Kier molecular flexibility index (Phi) is 6.99. The van der Waals surface area contributed by atoms with Crippen molar-refractivity contribution < 1.29 is 14.4 Å². The summed E-state index contributed by atoms with van der Waals surface area (Å²) in [5.74, 6) is 0.0235. The second kappa shape index (κ2) is 9.02. The Bertz CT molecular complexity index is 680. The van der Waals surface area contributed by atoms with Gasteiger partial charge in [0, 0.05) is 38.2 Å². The topological polar surface area (TPSA) is 69.7 Å². The summed E-state index contributed by atoms with van der Waals surface area (Å²) in [6, 6.07) is 6.82. The van der Waals surface area contributed by atoms with Crippen molar-refractivity contribution in [2.45, 2.75) is 59.0 Å². The molecule has 1 aliphatic rings. The number of hydrogen-bond donors (Lipinski definition) is 1. The van der Waals surface area contributed by atoms with Crippen LogP contribution in [0.1, 0.15) is 62.9 Å². The highest BCUT2D eigenvalue weighted by molar-refractivity contribution is 5.98. The molecule has 6 nitrogen and oxygen atoms in total. The first kappa shape index (κ1) is 20.9. The minimum absolute atomic E-state index is 0.0556. The zero-order chi connectivity index (χ0) is 20.1. The molecule has 2 atom stereocenters. The van der Waals surface area contributed by atoms with Crippen molar-refractivity contribution in [3.8, 4) is 0 Å². The lowest BCUT2D eigenvalue weighted by molar-refractivity contribution is -0.135. The normalized spacial score (nSPS) is 19.3. The summed E-state index contributed by atoms with van der Waals surface area (Å²) in [7, 11) is 0. The van der Waals surface area contributed by atoms with E-state index in [4.69, 9.17) is 0 Å². The number of carbonyl (C=O) groups excluding carboxylic acids is 3. The molecule has 6 heteroatoms. The Labute approximate surface area is 161 Å². The van der Waals surface area contributed by atoms with E-state index in [9.17, 15) is 14.4 Å². The van der Waals surface area contributed by atoms with E-state index >= 15 is 0 Å². The predicted octanol–water partition coefficient (Wildman–Crippen LogP) is 2.40. The predicted molar refractivity (Wildman–Crippen MR) is 106 cm³/mol. The fraction of sp³-hybridized carbons (Fsp3) is 0.571. The largest absolute Gasteiger partial charge is 0.352 e. The molecule has 0 aromatic heterocycles. The van der Waals surface area contributed by atoms with Crippen molar-refractivity contribution in [2.24, 2.45) is 0 Å². The van der Waals surface area contributed by atoms with Gasteiger partial charge in [-0.1, -0.05) is 26.0 Å². The lowest BCUT2D eigenvalue weighted by Crippen LogP contribution is -2.47. The third kappa shape index (κ3) is 4.87. The van der Waals surface area contributed by atoms with Crippen LogP contribution in [0.25, 0.3) is 0 Å². The van der Waals surface area contributed by atoms with Crippen LogP contribution in [-0.2, 0) is 9.59 Å². The Morgan fingerprint density at radius 2 is 1.74 bits per heavy atom. The van der Waals surface area contributed by atoms with Crippen LogP contribution in [0.3, 0.4) is 0 Å². The number of rotatable bonds is 6. The van der Waals surface area contributed by atoms with Crippen molar-refractivity contribution in [3.63, 3.8) is 0 Å². The standard InChI is InChI=1S/C21H31N3O3/c1-6-23(7-2)21(27)19-12-18(22-15(5)25)13-24(19)20(26)17-10-8-16(9-11-17)14(3)4/h8-11,14,18-19H,6-7,12-13H2,1-5H3,(H,22,25)/t18-,19+/m1/s1. The zero-order valence-electron chi connectivity index (χ0n) is 17.0. The van der Waals surface area contributed by atoms with Crippen molar-refractivity contribution in [1.29, 1.82) is 0 Å². The summed E-state index contributed by atoms with van der Waals surface area (Å²) < 4.78 is 0. The highest BCUT2D eigenvalue weighted by atomic mass is 16.2. The monoisotopic (exact) mass is 373 g/mol. The molecule has 1 heterocycles. The van der Waals surface area contributed by atoms with E-state index in [0.717, 1.165) is 0 Å². The summed E-state index contributed by atoms with van der Waals surface area (Å²) in [5, 5.41) is 2.86. The highest BCUT2D eigenvalue weighted by Crippen LogP contribution is 2.24. The number of hydrogen-bond acceptors (Lipinski definition) is 3. The maximum atomic E-state index is 13.1. The molecule has 1 aromatic rings. The SMILES string of the molecule is CCN(CC)C(=O)[C@@H]1C[C@@H](NC(C)=O)CN1C(=O)c1ccc(C(C)C)cc1. The first-order valence-electron chi connectivity index (χ1n) is 9.75. The summed E-state index contributed by atoms with van der Waals surface area (Å²) in [4.78, 5) is 40.9. The molecule has 27 heavy (non-hydrogen) atoms. The van der Waals surface area contributed by atoms with Crippen LogP contribution in [0.15, 0.2) is 24.3 Å². The summed E-state index contributed by atoms with van der Waals surface area (Å²) in [5.41, 5.74) is 1.74. The molecule has 0 spiro atoms. The Hall–Kier alpha value is -2.37. The van der Waals surface area contributed by atoms with Crippen LogP contribution < -0.4 is 5.32 Å². The molecular formula is C21H31N3O3. The first-order chi connectivity index (χ1) is 12.8. The number of likely N-dealkylation sites (N-methyl/N-ethyl adjacent to an activating group) is 1. The molecule has 0 aliphatic carbocycles. The second-order valence-electron chi connectivity index (χ2n) is 7.39. The van der Waals surface area contributed by atoms with Gasteiger partial charge in [0.15, 0.2) is 0 Å². The minimum atomic E-state index is -0.543. The number of benzene rings is 1.